The lowest BCUT2D eigenvalue weighted by Gasteiger charge is -2.47. The number of ether oxygens (including phenoxy) is 11. The third-order valence-electron chi connectivity index (χ3n) is 24.3. The summed E-state index contributed by atoms with van der Waals surface area (Å²) in [6.07, 6.45) is 3.58. The molecule has 5 aliphatic heterocycles. The van der Waals surface area contributed by atoms with E-state index >= 15 is 0 Å². The van der Waals surface area contributed by atoms with Crippen LogP contribution in [-0.4, -0.2) is 248 Å². The number of amides is 1. The van der Waals surface area contributed by atoms with Crippen molar-refractivity contribution >= 4 is 64.4 Å². The molecule has 5 aliphatic rings. The molecule has 24 atom stereocenters. The number of esters is 3. The van der Waals surface area contributed by atoms with E-state index < -0.39 is 166 Å². The number of nitrogens with zero attached hydrogens (tertiary/aromatic N) is 8. The van der Waals surface area contributed by atoms with Crippen molar-refractivity contribution in [3.63, 3.8) is 0 Å². The van der Waals surface area contributed by atoms with Crippen LogP contribution in [0, 0.1) is 41.4 Å². The molecule has 634 valence electrons. The van der Waals surface area contributed by atoms with E-state index in [0.29, 0.717) is 36.9 Å². The predicted octanol–water partition coefficient (Wildman–Crippen LogP) is 10.9. The first-order chi connectivity index (χ1) is 54.1. The first kappa shape index (κ1) is 92.3. The van der Waals surface area contributed by atoms with Gasteiger partial charge in [0, 0.05) is 80.5 Å². The number of cyclic esters (lactones) is 2. The smallest absolute Gasteiger partial charge is 0.420 e. The number of allylic oxidation sites excluding steroid dienone is 1. The molecule has 2 unspecified atom stereocenters. The highest BCUT2D eigenvalue weighted by molar-refractivity contribution is 6.01. The van der Waals surface area contributed by atoms with E-state index in [9.17, 15) is 48.3 Å². The second-order valence-corrected chi connectivity index (χ2v) is 33.5. The Balaban J connectivity index is 0.000000288. The topological polar surface area (TPSA) is 334 Å². The normalized spacial score (nSPS) is 35.6. The van der Waals surface area contributed by atoms with Crippen LogP contribution in [0.1, 0.15) is 173 Å². The van der Waals surface area contributed by atoms with Gasteiger partial charge >= 0.3 is 30.1 Å². The van der Waals surface area contributed by atoms with Gasteiger partial charge in [-0.25, -0.2) is 33.9 Å². The zero-order valence-corrected chi connectivity index (χ0v) is 71.2. The first-order valence-corrected chi connectivity index (χ1v) is 40.1. The molecule has 9 rings (SSSR count). The van der Waals surface area contributed by atoms with E-state index in [1.165, 1.54) is 65.0 Å². The van der Waals surface area contributed by atoms with Crippen molar-refractivity contribution in [1.82, 2.24) is 38.8 Å². The maximum Gasteiger partial charge on any atom is 0.420 e. The highest BCUT2D eigenvalue weighted by Crippen LogP contribution is 2.46. The quantitative estimate of drug-likeness (QED) is 0.0372. The molecule has 8 heterocycles. The van der Waals surface area contributed by atoms with Gasteiger partial charge < -0.3 is 71.6 Å². The fourth-order valence-corrected chi connectivity index (χ4v) is 17.5. The minimum absolute atomic E-state index is 0.0512. The van der Waals surface area contributed by atoms with Crippen molar-refractivity contribution < 1.29 is 100 Å². The second-order valence-electron chi connectivity index (χ2n) is 33.5. The predicted molar refractivity (Wildman–Crippen MR) is 426 cm³/mol. The number of aromatic nitrogens is 5. The number of likely N-dealkylation sites (N-methyl/N-ethyl adjacent to an activating group) is 2. The van der Waals surface area contributed by atoms with Crippen LogP contribution in [-0.2, 0) is 86.4 Å². The fraction of sp³-hybridized carbons (Fsp3) is 0.651. The third kappa shape index (κ3) is 20.0. The Kier molecular flexibility index (Phi) is 30.8. The standard InChI is InChI=1S/C44H67N5O10.C42H57N3O11/c1-14-32-44(15-2)36(48(41(54)59-44)21-17-19-42(8,9)49-24-46-38-30(49)18-16-20-45-38)27(5)33(50)25(3)23-43(10,55-13)37(28(6)34(51)29(7)39(53)57-32)58-40-35(52)31(47(11)12)22-26(4)56-40;1-12-32-42(13-2,56-40(50)45-20-19-43-24-45)23-26(4)33(46)25(3)22-41(8,51-11)36(28(6)34(47)29(7)37(48)53-32)55-39-35(31(44(9)10)21-27(5)52-39)54-38(49)30-17-15-14-16-18-30/h15-16,18,20,24-29,31-32,35-37,40,52H,2,14,17,19,21-23H2,1,3-13H3;13-20,23-25,27-29,31-32,35-36,39H,2,12,21-22H2,1,3-11H3/b;26-23+/t25-,26-,27+,28+,29-,31+,32-,35-,36-,37-,40?,43+,44-;25-,27-,28+,29-,31+,32-,35-,36-,39?,41+,42+/m11/s1. The summed E-state index contributed by atoms with van der Waals surface area (Å²) in [6, 6.07) is 10.9. The van der Waals surface area contributed by atoms with Gasteiger partial charge in [0.2, 0.25) is 0 Å². The molecule has 29 nitrogen and oxygen atoms in total. The lowest BCUT2D eigenvalue weighted by atomic mass is 9.72. The Labute approximate surface area is 676 Å². The van der Waals surface area contributed by atoms with Gasteiger partial charge in [0.15, 0.2) is 52.9 Å². The van der Waals surface area contributed by atoms with Crippen LogP contribution < -0.4 is 0 Å². The third-order valence-corrected chi connectivity index (χ3v) is 24.3. The number of rotatable bonds is 20. The molecule has 1 amide bonds. The minimum Gasteiger partial charge on any atom is -0.457 e. The summed E-state index contributed by atoms with van der Waals surface area (Å²) in [7, 11) is 10.4. The van der Waals surface area contributed by atoms with Crippen molar-refractivity contribution in [2.24, 2.45) is 41.4 Å². The van der Waals surface area contributed by atoms with E-state index in [-0.39, 0.29) is 73.7 Å². The number of Topliss-reactive ketones (excluding diaryl/α,β-unsaturated/α-hetero) is 4. The molecule has 0 spiro atoms. The maximum atomic E-state index is 14.9. The average molecular weight is 1610 g/mol. The minimum atomic E-state index is -1.80. The number of imidazole rings is 2. The summed E-state index contributed by atoms with van der Waals surface area (Å²) in [5.74, 6) is -10.7. The van der Waals surface area contributed by atoms with E-state index in [0.717, 1.165) is 10.1 Å². The average Bonchev–Trinajstić information content (AvgIpc) is 1.58. The molecule has 1 N–H and O–H groups in total. The first-order valence-electron chi connectivity index (χ1n) is 40.1. The zero-order valence-electron chi connectivity index (χ0n) is 71.2. The van der Waals surface area contributed by atoms with Crippen LogP contribution in [0.3, 0.4) is 0 Å². The molecule has 0 bridgehead atoms. The SMILES string of the molecule is C=C[C@]1(OC(=O)n2ccnc2)/C=C(\C)C(=O)[C@H](C)C[C@](C)(OC)[C@H](OC2O[C@H](C)C[C@H](N(C)C)[C@H]2OC(=O)c2ccccc2)[C@@H](C)C(=O)[C@@H](C)C(=O)O[C@@H]1CC.C=C[C@]12OC(=O)N(CCCC(C)(C)n3cnc4ncccc43)[C@@H]1[C@@H](C)C(=O)[C@H](C)C[C@](C)(OC)[C@H](OC1O[C@H](C)C[C@H](N(C)C)[C@H]1O)[C@@H](C)C(=O)[C@@H](C)C(=O)O[C@@H]2CC. The summed E-state index contributed by atoms with van der Waals surface area (Å²) in [6.45, 7) is 36.3. The second kappa shape index (κ2) is 38.4. The van der Waals surface area contributed by atoms with Crippen molar-refractivity contribution in [3.8, 4) is 0 Å². The number of ketones is 4. The highest BCUT2D eigenvalue weighted by atomic mass is 16.7. The van der Waals surface area contributed by atoms with Crippen LogP contribution >= 0.6 is 0 Å². The van der Waals surface area contributed by atoms with Crippen molar-refractivity contribution in [3.05, 3.63) is 116 Å². The van der Waals surface area contributed by atoms with Crippen LogP contribution in [0.2, 0.25) is 0 Å². The largest absolute Gasteiger partial charge is 0.457 e. The van der Waals surface area contributed by atoms with Crippen molar-refractivity contribution in [1.29, 1.82) is 0 Å². The van der Waals surface area contributed by atoms with Crippen LogP contribution in [0.15, 0.2) is 111 Å². The molecular weight excluding hydrogens is 1480 g/mol. The number of aliphatic hydroxyl groups excluding tert-OH is 1. The molecule has 3 aromatic heterocycles. The lowest BCUT2D eigenvalue weighted by Crippen LogP contribution is -2.60. The lowest BCUT2D eigenvalue weighted by molar-refractivity contribution is -0.295. The number of hydrogen-bond donors (Lipinski definition) is 1. The Morgan fingerprint density at radius 2 is 1.25 bits per heavy atom. The van der Waals surface area contributed by atoms with E-state index in [1.807, 2.05) is 64.0 Å². The summed E-state index contributed by atoms with van der Waals surface area (Å²) >= 11 is 0. The summed E-state index contributed by atoms with van der Waals surface area (Å²) in [5.41, 5.74) is -4.38. The van der Waals surface area contributed by atoms with Crippen molar-refractivity contribution in [2.75, 3.05) is 49.0 Å². The molecular formula is C86H124N8O21. The molecule has 0 saturated carbocycles. The molecule has 4 fully saturated rings. The van der Waals surface area contributed by atoms with Gasteiger partial charge in [0.05, 0.1) is 65.1 Å². The highest BCUT2D eigenvalue weighted by Gasteiger charge is 2.62. The Bertz CT molecular complexity index is 4110. The fourth-order valence-electron chi connectivity index (χ4n) is 17.5. The number of fused-ring (bicyclic) bond motifs is 2. The number of aliphatic hydroxyl groups is 1. The van der Waals surface area contributed by atoms with Crippen LogP contribution in [0.25, 0.3) is 11.2 Å². The van der Waals surface area contributed by atoms with Gasteiger partial charge in [0.1, 0.15) is 42.3 Å². The number of methoxy groups -OCH3 is 2. The van der Waals surface area contributed by atoms with Gasteiger partial charge in [0.25, 0.3) is 0 Å². The zero-order chi connectivity index (χ0) is 85.3. The summed E-state index contributed by atoms with van der Waals surface area (Å²) in [5, 5.41) is 11.5. The number of pyridine rings is 1. The molecule has 4 aromatic rings. The summed E-state index contributed by atoms with van der Waals surface area (Å²) in [4.78, 5) is 145. The molecule has 1 aromatic carbocycles. The van der Waals surface area contributed by atoms with Gasteiger partial charge in [-0.15, -0.1) is 0 Å². The van der Waals surface area contributed by atoms with E-state index in [1.54, 1.807) is 117 Å². The Morgan fingerprint density at radius 1 is 0.696 bits per heavy atom. The summed E-state index contributed by atoms with van der Waals surface area (Å²) < 4.78 is 72.0. The van der Waals surface area contributed by atoms with Crippen molar-refractivity contribution in [2.45, 2.75) is 270 Å². The number of carbonyl (C=O) groups is 9. The van der Waals surface area contributed by atoms with Crippen LogP contribution in [0.5, 0.6) is 0 Å². The molecule has 0 radical (unpaired) electrons. The van der Waals surface area contributed by atoms with Gasteiger partial charge in [-0.3, -0.25) is 33.7 Å². The molecule has 115 heavy (non-hydrogen) atoms. The molecule has 29 heteroatoms. The molecule has 0 aliphatic carbocycles. The molecule has 4 saturated heterocycles. The monoisotopic (exact) mass is 1600 g/mol. The van der Waals surface area contributed by atoms with Gasteiger partial charge in [-0.1, -0.05) is 79.8 Å². The van der Waals surface area contributed by atoms with Crippen LogP contribution in [0.4, 0.5) is 9.59 Å². The Hall–Kier alpha value is -8.26. The van der Waals surface area contributed by atoms with Gasteiger partial charge in [-0.05, 0) is 190 Å². The Morgan fingerprint density at radius 3 is 1.79 bits per heavy atom. The van der Waals surface area contributed by atoms with E-state index in [2.05, 4.69) is 46.5 Å². The van der Waals surface area contributed by atoms with Gasteiger partial charge in [-0.2, -0.15) is 0 Å². The number of benzene rings is 1. The van der Waals surface area contributed by atoms with E-state index in [4.69, 9.17) is 52.1 Å². The maximum absolute atomic E-state index is 14.9. The number of carbonyl (C=O) groups excluding carboxylic acids is 9. The number of hydrogen-bond acceptors (Lipinski definition) is 26.